The summed E-state index contributed by atoms with van der Waals surface area (Å²) in [6, 6.07) is 4.96. The minimum atomic E-state index is -4.80. The van der Waals surface area contributed by atoms with Crippen LogP contribution >= 0.6 is 11.8 Å². The van der Waals surface area contributed by atoms with Crippen LogP contribution < -0.4 is 5.32 Å². The summed E-state index contributed by atoms with van der Waals surface area (Å²) < 4.78 is 37.6. The molecule has 142 valence electrons. The molecule has 0 radical (unpaired) electrons. The predicted octanol–water partition coefficient (Wildman–Crippen LogP) is 2.98. The smallest absolute Gasteiger partial charge is 0.388 e. The van der Waals surface area contributed by atoms with Gasteiger partial charge in [0.05, 0.1) is 11.3 Å². The number of aliphatic hydroxyl groups is 2. The monoisotopic (exact) mass is 388 g/mol. The molecule has 1 heterocycles. The summed E-state index contributed by atoms with van der Waals surface area (Å²) in [4.78, 5) is 16.5. The maximum atomic E-state index is 12.9. The second-order valence-corrected chi connectivity index (χ2v) is 8.42. The Morgan fingerprint density at radius 1 is 1.23 bits per heavy atom. The predicted molar refractivity (Wildman–Crippen MR) is 92.1 cm³/mol. The average molecular weight is 388 g/mol. The van der Waals surface area contributed by atoms with Crippen molar-refractivity contribution in [3.05, 3.63) is 29.8 Å². The van der Waals surface area contributed by atoms with Crippen LogP contribution in [0.5, 0.6) is 0 Å². The molecule has 2 aliphatic rings. The van der Waals surface area contributed by atoms with Crippen LogP contribution in [0.25, 0.3) is 0 Å². The Balaban J connectivity index is 1.80. The second-order valence-electron chi connectivity index (χ2n) is 7.01. The minimum Gasteiger partial charge on any atom is -0.388 e. The number of carbonyl (C=O) groups is 1. The van der Waals surface area contributed by atoms with Gasteiger partial charge in [0, 0.05) is 0 Å². The van der Waals surface area contributed by atoms with E-state index in [0.717, 1.165) is 30.3 Å². The van der Waals surface area contributed by atoms with Crippen molar-refractivity contribution in [2.45, 2.75) is 55.2 Å². The molecule has 1 saturated carbocycles. The van der Waals surface area contributed by atoms with E-state index in [1.54, 1.807) is 6.92 Å². The highest BCUT2D eigenvalue weighted by Gasteiger charge is 2.60. The molecule has 9 heteroatoms. The molecule has 1 amide bonds. The molecule has 2 fully saturated rings. The molecule has 26 heavy (non-hydrogen) atoms. The van der Waals surface area contributed by atoms with Gasteiger partial charge >= 0.3 is 6.18 Å². The maximum Gasteiger partial charge on any atom is 0.421 e. The Bertz CT molecular complexity index is 758. The molecule has 3 rings (SSSR count). The van der Waals surface area contributed by atoms with Crippen molar-refractivity contribution in [3.8, 4) is 0 Å². The third-order valence-electron chi connectivity index (χ3n) is 5.24. The van der Waals surface area contributed by atoms with E-state index in [2.05, 4.69) is 10.3 Å². The lowest BCUT2D eigenvalue weighted by atomic mass is 9.71. The van der Waals surface area contributed by atoms with Crippen LogP contribution in [0.15, 0.2) is 29.3 Å². The van der Waals surface area contributed by atoms with E-state index >= 15 is 0 Å². The molecular weight excluding hydrogens is 369 g/mol. The third-order valence-corrected chi connectivity index (χ3v) is 6.60. The van der Waals surface area contributed by atoms with Crippen molar-refractivity contribution in [2.75, 3.05) is 0 Å². The number of amides is 1. The number of aliphatic imine (C=N–C) groups is 1. The van der Waals surface area contributed by atoms with E-state index in [9.17, 15) is 28.2 Å². The Morgan fingerprint density at radius 2 is 1.81 bits per heavy atom. The zero-order valence-corrected chi connectivity index (χ0v) is 15.0. The minimum absolute atomic E-state index is 0.285. The number of rotatable bonds is 3. The summed E-state index contributed by atoms with van der Waals surface area (Å²) in [5.41, 5.74) is -4.00. The Kier molecular flexibility index (Phi) is 4.40. The van der Waals surface area contributed by atoms with Gasteiger partial charge in [-0.15, -0.1) is 0 Å². The molecule has 1 aliphatic carbocycles. The van der Waals surface area contributed by atoms with Gasteiger partial charge in [-0.05, 0) is 50.8 Å². The highest BCUT2D eigenvalue weighted by molar-refractivity contribution is 8.16. The SMILES string of the molecule is CC1(C2(O)CCC2)SC(=Nc2ccc(C(C)(O)C(F)(F)F)cc2)NC1=O. The summed E-state index contributed by atoms with van der Waals surface area (Å²) in [6.07, 6.45) is -2.86. The Labute approximate surface area is 152 Å². The fourth-order valence-corrected chi connectivity index (χ4v) is 4.19. The number of hydrogen-bond donors (Lipinski definition) is 3. The number of amidine groups is 1. The number of nitrogens with one attached hydrogen (secondary N) is 1. The quantitative estimate of drug-likeness (QED) is 0.744. The van der Waals surface area contributed by atoms with Crippen molar-refractivity contribution < 1.29 is 28.2 Å². The number of alkyl halides is 3. The Morgan fingerprint density at radius 3 is 2.27 bits per heavy atom. The molecule has 2 atom stereocenters. The van der Waals surface area contributed by atoms with E-state index in [0.29, 0.717) is 25.5 Å². The van der Waals surface area contributed by atoms with E-state index in [4.69, 9.17) is 0 Å². The first-order chi connectivity index (χ1) is 11.9. The number of benzene rings is 1. The van der Waals surface area contributed by atoms with Crippen LogP contribution in [0.3, 0.4) is 0 Å². The van der Waals surface area contributed by atoms with E-state index in [-0.39, 0.29) is 16.6 Å². The van der Waals surface area contributed by atoms with Gasteiger partial charge in [-0.1, -0.05) is 23.9 Å². The number of carbonyl (C=O) groups excluding carboxylic acids is 1. The molecule has 0 aromatic heterocycles. The first-order valence-electron chi connectivity index (χ1n) is 8.10. The van der Waals surface area contributed by atoms with Gasteiger partial charge in [0.25, 0.3) is 0 Å². The van der Waals surface area contributed by atoms with Gasteiger partial charge in [-0.25, -0.2) is 4.99 Å². The molecule has 1 aliphatic heterocycles. The number of nitrogens with zero attached hydrogens (tertiary/aromatic N) is 1. The molecule has 0 bridgehead atoms. The number of thioether (sulfide) groups is 1. The lowest BCUT2D eigenvalue weighted by molar-refractivity contribution is -0.258. The van der Waals surface area contributed by atoms with Crippen molar-refractivity contribution in [3.63, 3.8) is 0 Å². The van der Waals surface area contributed by atoms with Crippen molar-refractivity contribution in [1.29, 1.82) is 0 Å². The summed E-state index contributed by atoms with van der Waals surface area (Å²) in [6.45, 7) is 2.35. The third kappa shape index (κ3) is 2.91. The summed E-state index contributed by atoms with van der Waals surface area (Å²) in [5.74, 6) is -0.333. The maximum absolute atomic E-state index is 12.9. The van der Waals surface area contributed by atoms with Crippen molar-refractivity contribution in [1.82, 2.24) is 5.32 Å². The molecule has 1 aromatic rings. The summed E-state index contributed by atoms with van der Waals surface area (Å²) in [5, 5.41) is 23.1. The van der Waals surface area contributed by atoms with Crippen LogP contribution in [-0.4, -0.2) is 37.8 Å². The zero-order chi connectivity index (χ0) is 19.4. The molecule has 1 aromatic carbocycles. The Hall–Kier alpha value is -1.58. The fourth-order valence-electron chi connectivity index (χ4n) is 2.97. The van der Waals surface area contributed by atoms with Crippen LogP contribution in [0.1, 0.15) is 38.7 Å². The highest BCUT2D eigenvalue weighted by atomic mass is 32.2. The van der Waals surface area contributed by atoms with E-state index in [1.807, 2.05) is 0 Å². The van der Waals surface area contributed by atoms with Crippen LogP contribution in [0, 0.1) is 0 Å². The summed E-state index contributed by atoms with van der Waals surface area (Å²) >= 11 is 1.12. The normalized spacial score (nSPS) is 29.2. The molecule has 1 saturated heterocycles. The van der Waals surface area contributed by atoms with Crippen LogP contribution in [0.2, 0.25) is 0 Å². The average Bonchev–Trinajstić information content (AvgIpc) is 2.79. The fraction of sp³-hybridized carbons (Fsp3) is 0.529. The largest absolute Gasteiger partial charge is 0.421 e. The van der Waals surface area contributed by atoms with Crippen molar-refractivity contribution in [2.24, 2.45) is 4.99 Å². The lowest BCUT2D eigenvalue weighted by Crippen LogP contribution is -2.58. The van der Waals surface area contributed by atoms with E-state index < -0.39 is 22.1 Å². The van der Waals surface area contributed by atoms with Gasteiger partial charge in [0.2, 0.25) is 5.91 Å². The van der Waals surface area contributed by atoms with Gasteiger partial charge in [0.1, 0.15) is 4.75 Å². The molecular formula is C17H19F3N2O3S. The van der Waals surface area contributed by atoms with Gasteiger partial charge in [0.15, 0.2) is 10.8 Å². The number of hydrogen-bond acceptors (Lipinski definition) is 5. The van der Waals surface area contributed by atoms with Crippen LogP contribution in [-0.2, 0) is 10.4 Å². The molecule has 2 unspecified atom stereocenters. The van der Waals surface area contributed by atoms with E-state index in [1.165, 1.54) is 12.1 Å². The van der Waals surface area contributed by atoms with Gasteiger partial charge in [-0.2, -0.15) is 13.2 Å². The number of halogens is 3. The molecule has 5 nitrogen and oxygen atoms in total. The van der Waals surface area contributed by atoms with Crippen LogP contribution in [0.4, 0.5) is 18.9 Å². The van der Waals surface area contributed by atoms with Gasteiger partial charge < -0.3 is 15.5 Å². The van der Waals surface area contributed by atoms with Gasteiger partial charge in [-0.3, -0.25) is 4.79 Å². The topological polar surface area (TPSA) is 81.9 Å². The summed E-state index contributed by atoms with van der Waals surface area (Å²) in [7, 11) is 0. The zero-order valence-electron chi connectivity index (χ0n) is 14.2. The second kappa shape index (κ2) is 5.97. The molecule has 3 N–H and O–H groups in total. The standard InChI is InChI=1S/C17H19F3N2O3S/c1-14(24,17(18,19)20)10-4-6-11(7-5-10)21-13-22-12(23)15(2,26-13)16(25)8-3-9-16/h4-7,24-25H,3,8-9H2,1-2H3,(H,21,22,23). The highest BCUT2D eigenvalue weighted by Crippen LogP contribution is 2.50. The first kappa shape index (κ1) is 19.2. The lowest BCUT2D eigenvalue weighted by Gasteiger charge is -2.45. The first-order valence-corrected chi connectivity index (χ1v) is 8.92. The molecule has 0 spiro atoms. The van der Waals surface area contributed by atoms with Crippen molar-refractivity contribution >= 4 is 28.5 Å².